The van der Waals surface area contributed by atoms with Crippen molar-refractivity contribution in [1.82, 2.24) is 5.32 Å². The first-order chi connectivity index (χ1) is 8.58. The first-order valence-corrected chi connectivity index (χ1v) is 7.91. The maximum absolute atomic E-state index is 9.82. The maximum atomic E-state index is 9.82. The molecule has 18 heavy (non-hydrogen) atoms. The molecule has 0 saturated heterocycles. The molecule has 0 atom stereocenters. The Labute approximate surface area is 119 Å². The van der Waals surface area contributed by atoms with E-state index < -0.39 is 0 Å². The first-order valence-electron chi connectivity index (χ1n) is 6.30. The molecule has 102 valence electrons. The molecule has 0 amide bonds. The van der Waals surface area contributed by atoms with Gasteiger partial charge in [-0.15, -0.1) is 0 Å². The Kier molecular flexibility index (Phi) is 6.33. The number of benzene rings is 1. The van der Waals surface area contributed by atoms with Crippen LogP contribution in [-0.2, 0) is 6.54 Å². The number of hydrogen-bond donors (Lipinski definition) is 2. The van der Waals surface area contributed by atoms with E-state index in [0.29, 0.717) is 11.6 Å². The number of para-hydroxylation sites is 1. The Bertz CT molecular complexity index is 372. The fourth-order valence-corrected chi connectivity index (χ4v) is 3.01. The van der Waals surface area contributed by atoms with E-state index in [1.54, 1.807) is 6.07 Å². The van der Waals surface area contributed by atoms with E-state index in [4.69, 9.17) is 11.6 Å². The lowest BCUT2D eigenvalue weighted by Gasteiger charge is -2.30. The molecule has 0 aromatic heterocycles. The highest BCUT2D eigenvalue weighted by Gasteiger charge is 2.24. The van der Waals surface area contributed by atoms with Gasteiger partial charge in [0.1, 0.15) is 5.75 Å². The van der Waals surface area contributed by atoms with E-state index in [9.17, 15) is 5.11 Å². The molecule has 0 aliphatic heterocycles. The highest BCUT2D eigenvalue weighted by molar-refractivity contribution is 8.00. The van der Waals surface area contributed by atoms with Crippen molar-refractivity contribution in [2.75, 3.05) is 12.8 Å². The van der Waals surface area contributed by atoms with Crippen molar-refractivity contribution in [2.45, 2.75) is 38.0 Å². The van der Waals surface area contributed by atoms with Gasteiger partial charge in [0, 0.05) is 23.4 Å². The summed E-state index contributed by atoms with van der Waals surface area (Å²) in [6.45, 7) is 6.03. The Hall–Kier alpha value is -0.380. The smallest absolute Gasteiger partial charge is 0.138 e. The van der Waals surface area contributed by atoms with Gasteiger partial charge in [-0.25, -0.2) is 0 Å². The molecule has 2 nitrogen and oxygen atoms in total. The van der Waals surface area contributed by atoms with Gasteiger partial charge in [-0.2, -0.15) is 11.8 Å². The molecule has 1 rings (SSSR count). The molecule has 0 spiro atoms. The first kappa shape index (κ1) is 15.7. The minimum Gasteiger partial charge on any atom is -0.506 e. The van der Waals surface area contributed by atoms with Crippen LogP contribution in [-0.4, -0.2) is 22.7 Å². The van der Waals surface area contributed by atoms with Crippen LogP contribution in [0.2, 0.25) is 5.02 Å². The van der Waals surface area contributed by atoms with Crippen LogP contribution in [0.15, 0.2) is 18.2 Å². The molecular formula is C14H22ClNOS. The lowest BCUT2D eigenvalue weighted by Crippen LogP contribution is -2.36. The van der Waals surface area contributed by atoms with Crippen molar-refractivity contribution in [3.05, 3.63) is 28.8 Å². The van der Waals surface area contributed by atoms with Crippen LogP contribution in [0.25, 0.3) is 0 Å². The summed E-state index contributed by atoms with van der Waals surface area (Å²) in [5.74, 6) is 0.189. The van der Waals surface area contributed by atoms with Crippen LogP contribution in [0.5, 0.6) is 5.75 Å². The summed E-state index contributed by atoms with van der Waals surface area (Å²) < 4.78 is 0.286. The Morgan fingerprint density at radius 2 is 2.00 bits per heavy atom. The average molecular weight is 288 g/mol. The second kappa shape index (κ2) is 7.27. The SMILES string of the molecule is CCC(CC)(CNCc1cccc(Cl)c1O)SC. The van der Waals surface area contributed by atoms with Gasteiger partial charge >= 0.3 is 0 Å². The predicted octanol–water partition coefficient (Wildman–Crippen LogP) is 4.06. The summed E-state index contributed by atoms with van der Waals surface area (Å²) in [5.41, 5.74) is 0.852. The number of thioether (sulfide) groups is 1. The van der Waals surface area contributed by atoms with Crippen LogP contribution < -0.4 is 5.32 Å². The molecular weight excluding hydrogens is 266 g/mol. The summed E-state index contributed by atoms with van der Waals surface area (Å²) >= 11 is 7.79. The molecule has 1 aromatic carbocycles. The standard InChI is InChI=1S/C14H22ClNOS/c1-4-14(5-2,18-3)10-16-9-11-7-6-8-12(15)13(11)17/h6-8,16-17H,4-5,9-10H2,1-3H3. The quantitative estimate of drug-likeness (QED) is 0.793. The lowest BCUT2D eigenvalue weighted by atomic mass is 10.0. The van der Waals surface area contributed by atoms with Crippen molar-refractivity contribution >= 4 is 23.4 Å². The maximum Gasteiger partial charge on any atom is 0.138 e. The predicted molar refractivity (Wildman–Crippen MR) is 81.7 cm³/mol. The Balaban J connectivity index is 2.58. The molecule has 0 bridgehead atoms. The van der Waals surface area contributed by atoms with Crippen LogP contribution in [0.1, 0.15) is 32.3 Å². The van der Waals surface area contributed by atoms with Gasteiger partial charge in [-0.05, 0) is 25.2 Å². The van der Waals surface area contributed by atoms with E-state index in [2.05, 4.69) is 25.4 Å². The van der Waals surface area contributed by atoms with Gasteiger partial charge in [0.2, 0.25) is 0 Å². The van der Waals surface area contributed by atoms with Gasteiger partial charge in [0.05, 0.1) is 5.02 Å². The molecule has 0 radical (unpaired) electrons. The minimum atomic E-state index is 0.189. The van der Waals surface area contributed by atoms with E-state index in [1.165, 1.54) is 0 Å². The van der Waals surface area contributed by atoms with Crippen molar-refractivity contribution in [3.63, 3.8) is 0 Å². The van der Waals surface area contributed by atoms with Gasteiger partial charge in [-0.3, -0.25) is 0 Å². The van der Waals surface area contributed by atoms with Gasteiger partial charge < -0.3 is 10.4 Å². The monoisotopic (exact) mass is 287 g/mol. The summed E-state index contributed by atoms with van der Waals surface area (Å²) in [6, 6.07) is 5.46. The van der Waals surface area contributed by atoms with Gasteiger partial charge in [0.15, 0.2) is 0 Å². The number of nitrogens with one attached hydrogen (secondary N) is 1. The average Bonchev–Trinajstić information content (AvgIpc) is 2.40. The third-order valence-electron chi connectivity index (χ3n) is 3.55. The normalized spacial score (nSPS) is 11.8. The van der Waals surface area contributed by atoms with Crippen molar-refractivity contribution in [1.29, 1.82) is 0 Å². The van der Waals surface area contributed by atoms with Crippen molar-refractivity contribution in [2.24, 2.45) is 0 Å². The summed E-state index contributed by atoms with van der Waals surface area (Å²) in [4.78, 5) is 0. The Morgan fingerprint density at radius 1 is 1.33 bits per heavy atom. The number of rotatable bonds is 7. The molecule has 0 aliphatic carbocycles. The molecule has 2 N–H and O–H groups in total. The van der Waals surface area contributed by atoms with E-state index >= 15 is 0 Å². The number of aromatic hydroxyl groups is 1. The highest BCUT2D eigenvalue weighted by atomic mass is 35.5. The third kappa shape index (κ3) is 3.81. The summed E-state index contributed by atoms with van der Waals surface area (Å²) in [6.07, 6.45) is 4.43. The molecule has 4 heteroatoms. The zero-order valence-corrected chi connectivity index (χ0v) is 12.9. The number of hydrogen-bond acceptors (Lipinski definition) is 3. The zero-order valence-electron chi connectivity index (χ0n) is 11.3. The summed E-state index contributed by atoms with van der Waals surface area (Å²) in [5, 5.41) is 13.7. The van der Waals surface area contributed by atoms with E-state index in [0.717, 1.165) is 24.9 Å². The van der Waals surface area contributed by atoms with Gasteiger partial charge in [0.25, 0.3) is 0 Å². The fraction of sp³-hybridized carbons (Fsp3) is 0.571. The number of phenols is 1. The third-order valence-corrected chi connectivity index (χ3v) is 5.45. The van der Waals surface area contributed by atoms with Crippen LogP contribution in [0.3, 0.4) is 0 Å². The summed E-state index contributed by atoms with van der Waals surface area (Å²) in [7, 11) is 0. The molecule has 0 heterocycles. The van der Waals surface area contributed by atoms with Crippen LogP contribution >= 0.6 is 23.4 Å². The topological polar surface area (TPSA) is 32.3 Å². The number of halogens is 1. The van der Waals surface area contributed by atoms with Crippen LogP contribution in [0, 0.1) is 0 Å². The highest BCUT2D eigenvalue weighted by Crippen LogP contribution is 2.30. The second-order valence-electron chi connectivity index (χ2n) is 4.45. The van der Waals surface area contributed by atoms with E-state index in [1.807, 2.05) is 23.9 Å². The lowest BCUT2D eigenvalue weighted by molar-refractivity contribution is 0.456. The van der Waals surface area contributed by atoms with Crippen molar-refractivity contribution in [3.8, 4) is 5.75 Å². The van der Waals surface area contributed by atoms with Crippen molar-refractivity contribution < 1.29 is 5.11 Å². The zero-order chi connectivity index (χ0) is 13.6. The molecule has 0 saturated carbocycles. The van der Waals surface area contributed by atoms with E-state index in [-0.39, 0.29) is 10.5 Å². The molecule has 0 unspecified atom stereocenters. The largest absolute Gasteiger partial charge is 0.506 e. The van der Waals surface area contributed by atoms with Gasteiger partial charge in [-0.1, -0.05) is 37.6 Å². The molecule has 1 aromatic rings. The molecule has 0 fully saturated rings. The van der Waals surface area contributed by atoms with Crippen LogP contribution in [0.4, 0.5) is 0 Å². The minimum absolute atomic E-state index is 0.189. The number of phenolic OH excluding ortho intramolecular Hbond substituents is 1. The molecule has 0 aliphatic rings. The second-order valence-corrected chi connectivity index (χ2v) is 6.13. The Morgan fingerprint density at radius 3 is 2.56 bits per heavy atom. The fourth-order valence-electron chi connectivity index (χ4n) is 1.99.